The zero-order valence-electron chi connectivity index (χ0n) is 11.9. The largest absolute Gasteiger partial charge is 0.506 e. The third kappa shape index (κ3) is 4.40. The first-order chi connectivity index (χ1) is 10.3. The molecule has 0 spiro atoms. The van der Waals surface area contributed by atoms with E-state index < -0.39 is 0 Å². The molecule has 22 heavy (non-hydrogen) atoms. The van der Waals surface area contributed by atoms with Crippen molar-refractivity contribution in [3.05, 3.63) is 66.7 Å². The van der Waals surface area contributed by atoms with Gasteiger partial charge < -0.3 is 10.2 Å². The number of aliphatic hydroxyl groups excluding tert-OH is 1. The van der Waals surface area contributed by atoms with E-state index in [1.165, 1.54) is 5.39 Å². The van der Waals surface area contributed by atoms with Gasteiger partial charge in [0.1, 0.15) is 11.4 Å². The van der Waals surface area contributed by atoms with E-state index in [9.17, 15) is 5.11 Å². The number of rotatable bonds is 2. The summed E-state index contributed by atoms with van der Waals surface area (Å²) < 4.78 is 0. The molecule has 0 unspecified atom stereocenters. The van der Waals surface area contributed by atoms with Crippen molar-refractivity contribution in [3.63, 3.8) is 0 Å². The maximum atomic E-state index is 9.61. The number of hydrogen-bond acceptors (Lipinski definition) is 4. The third-order valence-electron chi connectivity index (χ3n) is 2.89. The Morgan fingerprint density at radius 3 is 2.09 bits per heavy atom. The fraction of sp³-hybridized carbons (Fsp3) is 0.0588. The van der Waals surface area contributed by atoms with Crippen molar-refractivity contribution in [2.24, 2.45) is 10.2 Å². The van der Waals surface area contributed by atoms with Crippen molar-refractivity contribution in [2.45, 2.75) is 0 Å². The zero-order chi connectivity index (χ0) is 15.1. The van der Waals surface area contributed by atoms with Gasteiger partial charge in [-0.1, -0.05) is 42.5 Å². The maximum absolute atomic E-state index is 9.61. The Balaban J connectivity index is 0.000000775. The van der Waals surface area contributed by atoms with Crippen LogP contribution in [0.5, 0.6) is 5.75 Å². The molecular formula is C17H16CuN2O2. The van der Waals surface area contributed by atoms with Crippen LogP contribution in [-0.4, -0.2) is 17.3 Å². The van der Waals surface area contributed by atoms with Crippen LogP contribution in [0.1, 0.15) is 0 Å². The fourth-order valence-corrected chi connectivity index (χ4v) is 1.90. The third-order valence-corrected chi connectivity index (χ3v) is 2.89. The molecule has 0 bridgehead atoms. The van der Waals surface area contributed by atoms with Crippen LogP contribution < -0.4 is 0 Å². The molecule has 0 heterocycles. The SMILES string of the molecule is CO.Oc1ccccc1N=Nc1ccc2ccccc2c1.[Cu]. The number of benzene rings is 3. The Morgan fingerprint density at radius 1 is 0.727 bits per heavy atom. The summed E-state index contributed by atoms with van der Waals surface area (Å²) in [4.78, 5) is 0. The summed E-state index contributed by atoms with van der Waals surface area (Å²) in [6.07, 6.45) is 0. The van der Waals surface area contributed by atoms with Gasteiger partial charge in [0.15, 0.2) is 0 Å². The number of aromatic hydroxyl groups is 1. The average molecular weight is 344 g/mol. The molecule has 0 atom stereocenters. The first-order valence-electron chi connectivity index (χ1n) is 6.46. The van der Waals surface area contributed by atoms with E-state index in [4.69, 9.17) is 5.11 Å². The van der Waals surface area contributed by atoms with Crippen LogP contribution >= 0.6 is 0 Å². The number of azo groups is 1. The second-order valence-corrected chi connectivity index (χ2v) is 4.22. The van der Waals surface area contributed by atoms with Gasteiger partial charge in [0.25, 0.3) is 0 Å². The quantitative estimate of drug-likeness (QED) is 0.529. The number of nitrogens with zero attached hydrogens (tertiary/aromatic N) is 2. The number of hydrogen-bond donors (Lipinski definition) is 2. The smallest absolute Gasteiger partial charge is 0.143 e. The Labute approximate surface area is 139 Å². The summed E-state index contributed by atoms with van der Waals surface area (Å²) in [6.45, 7) is 0. The van der Waals surface area contributed by atoms with Gasteiger partial charge in [-0.25, -0.2) is 0 Å². The molecule has 0 aliphatic carbocycles. The molecular weight excluding hydrogens is 328 g/mol. The number of aliphatic hydroxyl groups is 1. The summed E-state index contributed by atoms with van der Waals surface area (Å²) in [5.41, 5.74) is 1.23. The van der Waals surface area contributed by atoms with Crippen molar-refractivity contribution in [2.75, 3.05) is 7.11 Å². The average Bonchev–Trinajstić information content (AvgIpc) is 2.56. The monoisotopic (exact) mass is 343 g/mol. The fourth-order valence-electron chi connectivity index (χ4n) is 1.90. The molecule has 0 fully saturated rings. The van der Waals surface area contributed by atoms with Crippen LogP contribution in [0.4, 0.5) is 11.4 Å². The first kappa shape index (κ1) is 17.8. The van der Waals surface area contributed by atoms with E-state index in [0.717, 1.165) is 18.2 Å². The second-order valence-electron chi connectivity index (χ2n) is 4.22. The van der Waals surface area contributed by atoms with Crippen molar-refractivity contribution >= 4 is 22.1 Å². The Bertz CT molecular complexity index is 760. The molecule has 5 heteroatoms. The van der Waals surface area contributed by atoms with Crippen LogP contribution in [0.3, 0.4) is 0 Å². The Hall–Kier alpha value is -2.20. The van der Waals surface area contributed by atoms with Crippen LogP contribution in [0.2, 0.25) is 0 Å². The van der Waals surface area contributed by atoms with Crippen molar-refractivity contribution in [1.82, 2.24) is 0 Å². The predicted molar refractivity (Wildman–Crippen MR) is 84.4 cm³/mol. The number of phenolic OH excluding ortho intramolecular Hbond substituents is 1. The van der Waals surface area contributed by atoms with Gasteiger partial charge >= 0.3 is 0 Å². The number of para-hydroxylation sites is 1. The van der Waals surface area contributed by atoms with Crippen LogP contribution in [0.15, 0.2) is 77.0 Å². The molecule has 1 radical (unpaired) electrons. The molecule has 2 N–H and O–H groups in total. The van der Waals surface area contributed by atoms with Crippen LogP contribution in [-0.2, 0) is 17.1 Å². The second kappa shape index (κ2) is 8.95. The van der Waals surface area contributed by atoms with Gasteiger partial charge in [0.2, 0.25) is 0 Å². The molecule has 3 rings (SSSR count). The summed E-state index contributed by atoms with van der Waals surface area (Å²) in [5, 5.41) is 27.1. The standard InChI is InChI=1S/C16H12N2O.CH4O.Cu/c19-16-8-4-3-7-15(16)18-17-14-10-9-12-5-1-2-6-13(12)11-14;1-2;/h1-11,19H;2H,1H3;. The molecule has 0 aliphatic heterocycles. The summed E-state index contributed by atoms with van der Waals surface area (Å²) >= 11 is 0. The van der Waals surface area contributed by atoms with Gasteiger partial charge in [0.05, 0.1) is 5.69 Å². The molecule has 4 nitrogen and oxygen atoms in total. The topological polar surface area (TPSA) is 65.2 Å². The minimum atomic E-state index is 0. The number of fused-ring (bicyclic) bond motifs is 1. The number of phenols is 1. The molecule has 3 aromatic rings. The van der Waals surface area contributed by atoms with E-state index in [1.54, 1.807) is 18.2 Å². The molecule has 0 amide bonds. The minimum absolute atomic E-state index is 0. The zero-order valence-corrected chi connectivity index (χ0v) is 12.9. The summed E-state index contributed by atoms with van der Waals surface area (Å²) in [7, 11) is 1.00. The normalized spacial score (nSPS) is 9.91. The summed E-state index contributed by atoms with van der Waals surface area (Å²) in [6, 6.07) is 20.9. The van der Waals surface area contributed by atoms with E-state index in [2.05, 4.69) is 16.3 Å². The van der Waals surface area contributed by atoms with Crippen molar-refractivity contribution in [3.8, 4) is 5.75 Å². The van der Waals surface area contributed by atoms with Crippen molar-refractivity contribution in [1.29, 1.82) is 0 Å². The molecule has 117 valence electrons. The van der Waals surface area contributed by atoms with Gasteiger partial charge in [-0.2, -0.15) is 5.11 Å². The van der Waals surface area contributed by atoms with Gasteiger partial charge in [0, 0.05) is 24.2 Å². The Kier molecular flexibility index (Phi) is 7.26. The van der Waals surface area contributed by atoms with Crippen LogP contribution in [0, 0.1) is 0 Å². The van der Waals surface area contributed by atoms with Gasteiger partial charge in [-0.05, 0) is 35.0 Å². The first-order valence-corrected chi connectivity index (χ1v) is 6.46. The van der Waals surface area contributed by atoms with Gasteiger partial charge in [-0.3, -0.25) is 0 Å². The van der Waals surface area contributed by atoms with E-state index in [-0.39, 0.29) is 22.8 Å². The molecule has 0 aromatic heterocycles. The molecule has 3 aromatic carbocycles. The van der Waals surface area contributed by atoms with E-state index >= 15 is 0 Å². The van der Waals surface area contributed by atoms with E-state index in [0.29, 0.717) is 5.69 Å². The van der Waals surface area contributed by atoms with Crippen LogP contribution in [0.25, 0.3) is 10.8 Å². The van der Waals surface area contributed by atoms with E-state index in [1.807, 2.05) is 42.5 Å². The molecule has 0 saturated heterocycles. The maximum Gasteiger partial charge on any atom is 0.143 e. The molecule has 0 saturated carbocycles. The Morgan fingerprint density at radius 2 is 1.36 bits per heavy atom. The minimum Gasteiger partial charge on any atom is -0.506 e. The summed E-state index contributed by atoms with van der Waals surface area (Å²) in [5.74, 6) is 0.132. The molecule has 0 aliphatic rings. The predicted octanol–water partition coefficient (Wildman–Crippen LogP) is 4.57. The van der Waals surface area contributed by atoms with Crippen molar-refractivity contribution < 1.29 is 27.3 Å². The van der Waals surface area contributed by atoms with Gasteiger partial charge in [-0.15, -0.1) is 5.11 Å².